The zero-order valence-electron chi connectivity index (χ0n) is 7.86. The number of hydrogen-bond donors (Lipinski definition) is 1. The van der Waals surface area contributed by atoms with Crippen molar-refractivity contribution in [3.05, 3.63) is 17.5 Å². The summed E-state index contributed by atoms with van der Waals surface area (Å²) in [6.07, 6.45) is 5.42. The Morgan fingerprint density at radius 3 is 3.21 bits per heavy atom. The molecule has 1 aliphatic rings. The number of halogens is 1. The van der Waals surface area contributed by atoms with Gasteiger partial charge in [0.05, 0.1) is 6.20 Å². The van der Waals surface area contributed by atoms with Crippen molar-refractivity contribution in [3.63, 3.8) is 0 Å². The molecule has 0 bridgehead atoms. The maximum Gasteiger partial charge on any atom is 0.151 e. The van der Waals surface area contributed by atoms with Crippen molar-refractivity contribution >= 4 is 17.4 Å². The van der Waals surface area contributed by atoms with Crippen LogP contribution in [0.25, 0.3) is 0 Å². The molecule has 1 aromatic heterocycles. The van der Waals surface area contributed by atoms with E-state index in [2.05, 4.69) is 14.9 Å². The summed E-state index contributed by atoms with van der Waals surface area (Å²) in [5.41, 5.74) is 5.68. The molecule has 2 heterocycles. The van der Waals surface area contributed by atoms with Crippen LogP contribution < -0.4 is 10.6 Å². The standard InChI is InChI=1S/C9H13ClN4/c10-8-5-12-6-13-9(8)14-3-1-2-7(14)4-11/h5-7H,1-4,11H2. The van der Waals surface area contributed by atoms with E-state index in [4.69, 9.17) is 17.3 Å². The monoisotopic (exact) mass is 212 g/mol. The van der Waals surface area contributed by atoms with Crippen LogP contribution in [0.3, 0.4) is 0 Å². The topological polar surface area (TPSA) is 55.0 Å². The van der Waals surface area contributed by atoms with Crippen molar-refractivity contribution in [2.45, 2.75) is 18.9 Å². The predicted octanol–water partition coefficient (Wildman–Crippen LogP) is 1.06. The van der Waals surface area contributed by atoms with Gasteiger partial charge >= 0.3 is 0 Å². The van der Waals surface area contributed by atoms with Gasteiger partial charge in [0.15, 0.2) is 5.82 Å². The largest absolute Gasteiger partial charge is 0.351 e. The fraction of sp³-hybridized carbons (Fsp3) is 0.556. The molecule has 0 spiro atoms. The number of hydrogen-bond acceptors (Lipinski definition) is 4. The van der Waals surface area contributed by atoms with Gasteiger partial charge in [-0.1, -0.05) is 11.6 Å². The molecule has 14 heavy (non-hydrogen) atoms. The van der Waals surface area contributed by atoms with Gasteiger partial charge in [-0.05, 0) is 12.8 Å². The van der Waals surface area contributed by atoms with Gasteiger partial charge in [0.1, 0.15) is 11.3 Å². The number of anilines is 1. The Labute approximate surface area is 88.1 Å². The summed E-state index contributed by atoms with van der Waals surface area (Å²) in [6, 6.07) is 0.377. The Morgan fingerprint density at radius 2 is 2.50 bits per heavy atom. The minimum absolute atomic E-state index is 0.377. The first kappa shape index (κ1) is 9.68. The maximum atomic E-state index is 6.02. The number of rotatable bonds is 2. The molecular weight excluding hydrogens is 200 g/mol. The molecule has 0 aliphatic carbocycles. The third-order valence-electron chi connectivity index (χ3n) is 2.57. The van der Waals surface area contributed by atoms with Crippen molar-refractivity contribution < 1.29 is 0 Å². The summed E-state index contributed by atoms with van der Waals surface area (Å²) in [7, 11) is 0. The lowest BCUT2D eigenvalue weighted by molar-refractivity contribution is 0.671. The van der Waals surface area contributed by atoms with Crippen LogP contribution in [-0.2, 0) is 0 Å². The van der Waals surface area contributed by atoms with Crippen LogP contribution >= 0.6 is 11.6 Å². The normalized spacial score (nSPS) is 21.6. The molecule has 4 nitrogen and oxygen atoms in total. The van der Waals surface area contributed by atoms with Crippen LogP contribution in [0.2, 0.25) is 5.02 Å². The van der Waals surface area contributed by atoms with E-state index >= 15 is 0 Å². The van der Waals surface area contributed by atoms with Gasteiger partial charge in [0.2, 0.25) is 0 Å². The summed E-state index contributed by atoms with van der Waals surface area (Å²) in [6.45, 7) is 1.64. The minimum atomic E-state index is 0.377. The fourth-order valence-electron chi connectivity index (χ4n) is 1.88. The van der Waals surface area contributed by atoms with Crippen molar-refractivity contribution in [1.29, 1.82) is 0 Å². The summed E-state index contributed by atoms with van der Waals surface area (Å²) < 4.78 is 0. The van der Waals surface area contributed by atoms with Gasteiger partial charge in [0, 0.05) is 19.1 Å². The molecular formula is C9H13ClN4. The molecule has 0 saturated carbocycles. The first-order valence-corrected chi connectivity index (χ1v) is 5.13. The number of aromatic nitrogens is 2. The Bertz CT molecular complexity index is 317. The average molecular weight is 213 g/mol. The van der Waals surface area contributed by atoms with E-state index in [9.17, 15) is 0 Å². The van der Waals surface area contributed by atoms with E-state index in [1.54, 1.807) is 6.20 Å². The summed E-state index contributed by atoms with van der Waals surface area (Å²) in [5.74, 6) is 0.814. The molecule has 76 valence electrons. The highest BCUT2D eigenvalue weighted by Gasteiger charge is 2.25. The highest BCUT2D eigenvalue weighted by molar-refractivity contribution is 6.32. The molecule has 0 amide bonds. The van der Waals surface area contributed by atoms with Crippen LogP contribution in [0.1, 0.15) is 12.8 Å². The van der Waals surface area contributed by atoms with Gasteiger partial charge in [-0.25, -0.2) is 9.97 Å². The van der Waals surface area contributed by atoms with E-state index in [-0.39, 0.29) is 0 Å². The first-order valence-electron chi connectivity index (χ1n) is 4.75. The van der Waals surface area contributed by atoms with E-state index in [0.717, 1.165) is 25.2 Å². The van der Waals surface area contributed by atoms with Crippen LogP contribution in [0.5, 0.6) is 0 Å². The molecule has 1 aromatic rings. The summed E-state index contributed by atoms with van der Waals surface area (Å²) in [5, 5.41) is 0.604. The zero-order chi connectivity index (χ0) is 9.97. The number of nitrogens with zero attached hydrogens (tertiary/aromatic N) is 3. The molecule has 1 unspecified atom stereocenters. The lowest BCUT2D eigenvalue weighted by atomic mass is 10.2. The Balaban J connectivity index is 2.26. The third kappa shape index (κ3) is 1.67. The molecule has 1 saturated heterocycles. The molecule has 1 atom stereocenters. The van der Waals surface area contributed by atoms with Gasteiger partial charge in [-0.15, -0.1) is 0 Å². The molecule has 1 fully saturated rings. The van der Waals surface area contributed by atoms with Gasteiger partial charge in [-0.2, -0.15) is 0 Å². The Morgan fingerprint density at radius 1 is 1.64 bits per heavy atom. The third-order valence-corrected chi connectivity index (χ3v) is 2.84. The molecule has 0 radical (unpaired) electrons. The second-order valence-electron chi connectivity index (χ2n) is 3.42. The zero-order valence-corrected chi connectivity index (χ0v) is 8.61. The molecule has 2 N–H and O–H groups in total. The summed E-state index contributed by atoms with van der Waals surface area (Å²) in [4.78, 5) is 10.2. The van der Waals surface area contributed by atoms with Crippen LogP contribution in [0.4, 0.5) is 5.82 Å². The van der Waals surface area contributed by atoms with Crippen LogP contribution in [0, 0.1) is 0 Å². The second-order valence-corrected chi connectivity index (χ2v) is 3.83. The highest BCUT2D eigenvalue weighted by atomic mass is 35.5. The lowest BCUT2D eigenvalue weighted by Gasteiger charge is -2.24. The Kier molecular flexibility index (Phi) is 2.84. The van der Waals surface area contributed by atoms with E-state index in [1.807, 2.05) is 0 Å². The second kappa shape index (κ2) is 4.11. The summed E-state index contributed by atoms with van der Waals surface area (Å²) >= 11 is 6.02. The van der Waals surface area contributed by atoms with Crippen molar-refractivity contribution in [1.82, 2.24) is 9.97 Å². The van der Waals surface area contributed by atoms with Crippen molar-refractivity contribution in [3.8, 4) is 0 Å². The van der Waals surface area contributed by atoms with Gasteiger partial charge < -0.3 is 10.6 Å². The molecule has 2 rings (SSSR count). The van der Waals surface area contributed by atoms with Crippen molar-refractivity contribution in [2.24, 2.45) is 5.73 Å². The maximum absolute atomic E-state index is 6.02. The quantitative estimate of drug-likeness (QED) is 0.797. The molecule has 1 aliphatic heterocycles. The molecule has 0 aromatic carbocycles. The lowest BCUT2D eigenvalue weighted by Crippen LogP contribution is -2.36. The van der Waals surface area contributed by atoms with E-state index in [0.29, 0.717) is 17.6 Å². The van der Waals surface area contributed by atoms with E-state index in [1.165, 1.54) is 6.33 Å². The van der Waals surface area contributed by atoms with Crippen LogP contribution in [-0.4, -0.2) is 29.1 Å². The number of nitrogens with two attached hydrogens (primary N) is 1. The minimum Gasteiger partial charge on any atom is -0.351 e. The van der Waals surface area contributed by atoms with Crippen molar-refractivity contribution in [2.75, 3.05) is 18.0 Å². The van der Waals surface area contributed by atoms with Gasteiger partial charge in [0.25, 0.3) is 0 Å². The highest BCUT2D eigenvalue weighted by Crippen LogP contribution is 2.28. The van der Waals surface area contributed by atoms with Crippen LogP contribution in [0.15, 0.2) is 12.5 Å². The first-order chi connectivity index (χ1) is 6.83. The average Bonchev–Trinajstić information content (AvgIpc) is 2.66. The van der Waals surface area contributed by atoms with E-state index < -0.39 is 0 Å². The Hall–Kier alpha value is -0.870. The van der Waals surface area contributed by atoms with Gasteiger partial charge in [-0.3, -0.25) is 0 Å². The molecule has 5 heteroatoms. The fourth-order valence-corrected chi connectivity index (χ4v) is 2.09. The SMILES string of the molecule is NCC1CCCN1c1ncncc1Cl. The predicted molar refractivity (Wildman–Crippen MR) is 56.5 cm³/mol. The smallest absolute Gasteiger partial charge is 0.151 e.